The van der Waals surface area contributed by atoms with Crippen molar-refractivity contribution < 1.29 is 19.0 Å². The van der Waals surface area contributed by atoms with E-state index in [0.29, 0.717) is 68.8 Å². The fraction of sp³-hybridized carbons (Fsp3) is 0.565. The molecule has 2 aromatic rings. The van der Waals surface area contributed by atoms with Gasteiger partial charge in [-0.1, -0.05) is 18.1 Å². The number of nitro groups is 1. The molecule has 0 atom stereocenters. The number of likely N-dealkylation sites (tertiary alicyclic amines) is 1. The van der Waals surface area contributed by atoms with Gasteiger partial charge in [0, 0.05) is 69.8 Å². The predicted molar refractivity (Wildman–Crippen MR) is 122 cm³/mol. The Bertz CT molecular complexity index is 1020. The molecule has 0 unspecified atom stereocenters. The Kier molecular flexibility index (Phi) is 7.51. The van der Waals surface area contributed by atoms with E-state index in [4.69, 9.17) is 4.52 Å². The van der Waals surface area contributed by atoms with Crippen molar-refractivity contribution in [3.8, 4) is 0 Å². The molecule has 0 saturated carbocycles. The number of piperidine rings is 1. The van der Waals surface area contributed by atoms with E-state index in [1.165, 1.54) is 18.2 Å². The Morgan fingerprint density at radius 3 is 2.56 bits per heavy atom. The molecule has 182 valence electrons. The number of nitro benzene ring substituents is 1. The lowest BCUT2D eigenvalue weighted by Crippen LogP contribution is -2.48. The van der Waals surface area contributed by atoms with Crippen molar-refractivity contribution in [1.29, 1.82) is 0 Å². The number of carbonyl (C=O) groups is 2. The lowest BCUT2D eigenvalue weighted by molar-refractivity contribution is -0.384. The third-order valence-corrected chi connectivity index (χ3v) is 6.53. The molecule has 1 aromatic carbocycles. The van der Waals surface area contributed by atoms with Crippen LogP contribution in [0, 0.1) is 16.0 Å². The Morgan fingerprint density at radius 1 is 1.12 bits per heavy atom. The predicted octanol–water partition coefficient (Wildman–Crippen LogP) is 2.13. The van der Waals surface area contributed by atoms with Crippen molar-refractivity contribution in [2.45, 2.75) is 39.2 Å². The third kappa shape index (κ3) is 5.96. The number of benzene rings is 1. The van der Waals surface area contributed by atoms with E-state index in [2.05, 4.69) is 22.0 Å². The van der Waals surface area contributed by atoms with E-state index in [-0.39, 0.29) is 17.5 Å². The maximum absolute atomic E-state index is 12.7. The molecule has 0 radical (unpaired) electrons. The normalized spacial score (nSPS) is 17.7. The van der Waals surface area contributed by atoms with Crippen LogP contribution in [-0.4, -0.2) is 80.8 Å². The summed E-state index contributed by atoms with van der Waals surface area (Å²) in [6.45, 7) is 6.66. The average Bonchev–Trinajstić information content (AvgIpc) is 3.30. The van der Waals surface area contributed by atoms with Gasteiger partial charge in [-0.2, -0.15) is 4.98 Å². The second kappa shape index (κ2) is 10.7. The number of nitrogens with zero attached hydrogens (tertiary/aromatic N) is 6. The van der Waals surface area contributed by atoms with Gasteiger partial charge < -0.3 is 14.3 Å². The first-order valence-corrected chi connectivity index (χ1v) is 11.7. The first-order chi connectivity index (χ1) is 16.4. The van der Waals surface area contributed by atoms with Crippen molar-refractivity contribution >= 4 is 17.5 Å². The monoisotopic (exact) mass is 470 g/mol. The minimum Gasteiger partial charge on any atom is -0.343 e. The summed E-state index contributed by atoms with van der Waals surface area (Å²) in [5.41, 5.74) is 0.226. The largest absolute Gasteiger partial charge is 0.343 e. The molecule has 0 aliphatic carbocycles. The van der Waals surface area contributed by atoms with Gasteiger partial charge in [0.2, 0.25) is 11.8 Å². The van der Waals surface area contributed by atoms with Gasteiger partial charge >= 0.3 is 0 Å². The highest BCUT2D eigenvalue weighted by Crippen LogP contribution is 2.18. The molecular weight excluding hydrogens is 440 g/mol. The van der Waals surface area contributed by atoms with Gasteiger partial charge in [0.15, 0.2) is 5.82 Å². The Morgan fingerprint density at radius 2 is 1.85 bits per heavy atom. The Balaban J connectivity index is 1.22. The van der Waals surface area contributed by atoms with E-state index >= 15 is 0 Å². The van der Waals surface area contributed by atoms with Crippen LogP contribution in [0.15, 0.2) is 28.8 Å². The van der Waals surface area contributed by atoms with Crippen molar-refractivity contribution in [2.75, 3.05) is 39.3 Å². The molecule has 34 heavy (non-hydrogen) atoms. The number of carbonyl (C=O) groups excluding carboxylic acids is 2. The van der Waals surface area contributed by atoms with Crippen LogP contribution in [0.25, 0.3) is 0 Å². The van der Waals surface area contributed by atoms with Crippen LogP contribution in [0.2, 0.25) is 0 Å². The molecule has 2 aliphatic rings. The highest BCUT2D eigenvalue weighted by atomic mass is 16.6. The van der Waals surface area contributed by atoms with Gasteiger partial charge in [-0.25, -0.2) is 0 Å². The summed E-state index contributed by atoms with van der Waals surface area (Å²) in [5, 5.41) is 15.0. The summed E-state index contributed by atoms with van der Waals surface area (Å²) in [4.78, 5) is 45.8. The number of non-ortho nitro benzene ring substituents is 1. The van der Waals surface area contributed by atoms with Gasteiger partial charge in [-0.3, -0.25) is 24.6 Å². The number of aryl methyl sites for hydroxylation is 1. The summed E-state index contributed by atoms with van der Waals surface area (Å²) < 4.78 is 5.33. The first-order valence-electron chi connectivity index (χ1n) is 11.7. The fourth-order valence-electron chi connectivity index (χ4n) is 4.33. The van der Waals surface area contributed by atoms with E-state index in [9.17, 15) is 19.7 Å². The van der Waals surface area contributed by atoms with Crippen molar-refractivity contribution in [2.24, 2.45) is 5.92 Å². The molecule has 2 aliphatic heterocycles. The standard InChI is InChI=1S/C23H30N6O5/c1-17-7-9-27(10-8-17)22(30)6-5-21-24-20(25-34-21)16-26-11-13-28(14-12-26)23(31)18-3-2-4-19(15-18)29(32)33/h2-4,15,17H,5-14,16H2,1H3. The van der Waals surface area contributed by atoms with Gasteiger partial charge in [0.25, 0.3) is 11.6 Å². The fourth-order valence-corrected chi connectivity index (χ4v) is 4.33. The third-order valence-electron chi connectivity index (χ3n) is 6.53. The van der Waals surface area contributed by atoms with Crippen LogP contribution in [-0.2, 0) is 17.8 Å². The molecular formula is C23H30N6O5. The number of amides is 2. The second-order valence-corrected chi connectivity index (χ2v) is 9.04. The lowest BCUT2D eigenvalue weighted by atomic mass is 9.99. The summed E-state index contributed by atoms with van der Waals surface area (Å²) in [6, 6.07) is 5.80. The van der Waals surface area contributed by atoms with Gasteiger partial charge in [-0.05, 0) is 24.8 Å². The second-order valence-electron chi connectivity index (χ2n) is 9.04. The topological polar surface area (TPSA) is 126 Å². The van der Waals surface area contributed by atoms with Crippen molar-refractivity contribution in [3.63, 3.8) is 0 Å². The number of piperazine rings is 1. The average molecular weight is 471 g/mol. The van der Waals surface area contributed by atoms with Crippen LogP contribution < -0.4 is 0 Å². The molecule has 0 N–H and O–H groups in total. The molecule has 0 spiro atoms. The van der Waals surface area contributed by atoms with Crippen LogP contribution in [0.4, 0.5) is 5.69 Å². The van der Waals surface area contributed by atoms with Crippen LogP contribution in [0.3, 0.4) is 0 Å². The van der Waals surface area contributed by atoms with Gasteiger partial charge in [-0.15, -0.1) is 0 Å². The van der Waals surface area contributed by atoms with Gasteiger partial charge in [0.05, 0.1) is 11.5 Å². The van der Waals surface area contributed by atoms with Crippen LogP contribution >= 0.6 is 0 Å². The summed E-state index contributed by atoms with van der Waals surface area (Å²) in [5.74, 6) is 1.64. The summed E-state index contributed by atoms with van der Waals surface area (Å²) in [7, 11) is 0. The molecule has 11 nitrogen and oxygen atoms in total. The SMILES string of the molecule is CC1CCN(C(=O)CCc2nc(CN3CCN(C(=O)c4cccc([N+](=O)[O-])c4)CC3)no2)CC1. The number of aromatic nitrogens is 2. The maximum atomic E-state index is 12.7. The molecule has 2 amide bonds. The Labute approximate surface area is 197 Å². The number of rotatable bonds is 7. The van der Waals surface area contributed by atoms with E-state index in [0.717, 1.165) is 25.9 Å². The van der Waals surface area contributed by atoms with Crippen LogP contribution in [0.5, 0.6) is 0 Å². The maximum Gasteiger partial charge on any atom is 0.270 e. The minimum absolute atomic E-state index is 0.0929. The molecule has 0 bridgehead atoms. The van der Waals surface area contributed by atoms with Crippen LogP contribution in [0.1, 0.15) is 48.3 Å². The van der Waals surface area contributed by atoms with Gasteiger partial charge in [0.1, 0.15) is 0 Å². The minimum atomic E-state index is -0.502. The number of hydrogen-bond acceptors (Lipinski definition) is 8. The molecule has 3 heterocycles. The highest BCUT2D eigenvalue weighted by molar-refractivity contribution is 5.94. The van der Waals surface area contributed by atoms with Crippen molar-refractivity contribution in [1.82, 2.24) is 24.8 Å². The van der Waals surface area contributed by atoms with Crippen molar-refractivity contribution in [3.05, 3.63) is 51.7 Å². The molecule has 2 saturated heterocycles. The summed E-state index contributed by atoms with van der Waals surface area (Å²) >= 11 is 0. The van der Waals surface area contributed by atoms with E-state index in [1.807, 2.05) is 4.90 Å². The molecule has 11 heteroatoms. The zero-order valence-electron chi connectivity index (χ0n) is 19.4. The lowest BCUT2D eigenvalue weighted by Gasteiger charge is -2.34. The zero-order chi connectivity index (χ0) is 24.1. The smallest absolute Gasteiger partial charge is 0.270 e. The number of hydrogen-bond donors (Lipinski definition) is 0. The molecule has 1 aromatic heterocycles. The van der Waals surface area contributed by atoms with E-state index in [1.54, 1.807) is 11.0 Å². The first kappa shape index (κ1) is 23.8. The Hall–Kier alpha value is -3.34. The molecule has 2 fully saturated rings. The summed E-state index contributed by atoms with van der Waals surface area (Å²) in [6.07, 6.45) is 2.92. The highest BCUT2D eigenvalue weighted by Gasteiger charge is 2.25. The zero-order valence-corrected chi connectivity index (χ0v) is 19.4. The van der Waals surface area contributed by atoms with E-state index < -0.39 is 4.92 Å². The quantitative estimate of drug-likeness (QED) is 0.445. The molecule has 4 rings (SSSR count).